The molecule has 0 saturated heterocycles. The predicted octanol–water partition coefficient (Wildman–Crippen LogP) is 2.87. The van der Waals surface area contributed by atoms with Gasteiger partial charge >= 0.3 is 53.7 Å². The summed E-state index contributed by atoms with van der Waals surface area (Å²) >= 11 is 0. The topological polar surface area (TPSA) is 210 Å². The largest absolute Gasteiger partial charge is 0.462 e. The molecule has 0 spiro atoms. The van der Waals surface area contributed by atoms with Crippen LogP contribution in [0.5, 0.6) is 0 Å². The Kier molecular flexibility index (Phi) is 14.5. The first kappa shape index (κ1) is 43.7. The Morgan fingerprint density at radius 1 is 0.408 bits per heavy atom. The molecule has 0 aliphatic carbocycles. The zero-order chi connectivity index (χ0) is 38.8. The van der Waals surface area contributed by atoms with Crippen LogP contribution in [-0.2, 0) is 76.3 Å². The van der Waals surface area contributed by atoms with E-state index in [1.54, 1.807) is 0 Å². The van der Waals surface area contributed by atoms with Crippen molar-refractivity contribution in [3.05, 3.63) is 50.6 Å². The number of hydrogen-bond acceptors (Lipinski definition) is 16. The Morgan fingerprint density at radius 3 is 0.857 bits per heavy atom. The van der Waals surface area contributed by atoms with Crippen molar-refractivity contribution >= 4 is 47.8 Å². The molecule has 0 aromatic carbocycles. The van der Waals surface area contributed by atoms with E-state index in [0.717, 1.165) is 79.7 Å². The van der Waals surface area contributed by atoms with Crippen LogP contribution in [0.1, 0.15) is 69.2 Å². The smallest absolute Gasteiger partial charge is 0.432 e. The summed E-state index contributed by atoms with van der Waals surface area (Å²) in [5.41, 5.74) is -10.7. The van der Waals surface area contributed by atoms with Crippen molar-refractivity contribution in [1.82, 2.24) is 0 Å². The summed E-state index contributed by atoms with van der Waals surface area (Å²) in [4.78, 5) is 102. The van der Waals surface area contributed by atoms with Crippen LogP contribution in [0.3, 0.4) is 0 Å². The van der Waals surface area contributed by atoms with Gasteiger partial charge in [0.25, 0.3) is 0 Å². The third-order valence-corrected chi connectivity index (χ3v) is 6.13. The molecule has 0 heterocycles. The third-order valence-electron chi connectivity index (χ3n) is 6.13. The molecule has 0 aromatic heterocycles. The van der Waals surface area contributed by atoms with Gasteiger partial charge in [0.05, 0.1) is 0 Å². The minimum absolute atomic E-state index is 0.736. The molecule has 0 bridgehead atoms. The van der Waals surface area contributed by atoms with Gasteiger partial charge in [0.15, 0.2) is 0 Å². The summed E-state index contributed by atoms with van der Waals surface area (Å²) in [5.74, 6) is -13.2. The van der Waals surface area contributed by atoms with E-state index in [9.17, 15) is 38.4 Å². The Morgan fingerprint density at radius 2 is 0.633 bits per heavy atom. The first-order valence-corrected chi connectivity index (χ1v) is 14.4. The maximum atomic E-state index is 13.7. The first-order valence-electron chi connectivity index (χ1n) is 14.4. The van der Waals surface area contributed by atoms with Crippen molar-refractivity contribution < 1.29 is 76.3 Å². The fraction of sp³-hybridized carbons (Fsp3) is 0.515. The van der Waals surface area contributed by atoms with Crippen LogP contribution in [0.2, 0.25) is 0 Å². The van der Waals surface area contributed by atoms with Gasteiger partial charge in [-0.15, -0.1) is 0 Å². The van der Waals surface area contributed by atoms with Gasteiger partial charge in [-0.25, -0.2) is 38.4 Å². The Hall–Kier alpha value is -5.28. The van der Waals surface area contributed by atoms with Gasteiger partial charge in [0, 0.05) is 24.3 Å². The van der Waals surface area contributed by atoms with Crippen LogP contribution in [0.4, 0.5) is 0 Å². The molecule has 0 saturated carbocycles. The van der Waals surface area contributed by atoms with Crippen molar-refractivity contribution in [2.75, 3.05) is 6.61 Å². The predicted molar refractivity (Wildman–Crippen MR) is 167 cm³/mol. The van der Waals surface area contributed by atoms with Gasteiger partial charge < -0.3 is 37.9 Å². The minimum Gasteiger partial charge on any atom is -0.462 e. The molecule has 0 rings (SSSR count). The zero-order valence-electron chi connectivity index (χ0n) is 29.4. The molecule has 272 valence electrons. The van der Waals surface area contributed by atoms with Gasteiger partial charge in [-0.3, -0.25) is 0 Å². The molecule has 0 atom stereocenters. The molecule has 0 aromatic rings. The van der Waals surface area contributed by atoms with Gasteiger partial charge in [-0.2, -0.15) is 0 Å². The van der Waals surface area contributed by atoms with E-state index in [1.165, 1.54) is 13.8 Å². The standard InChI is InChI=1S/C33H44O16/c1-15-20(34)43-29(7,8)24(38)42-19-28(5,6)33(47-25(39)30(9,10)44-21(35)16-2,48-26(40)31(11,12)45-22(36)17-3)49-27(41)32(13,14)46-23(37)18-4/h15-18H,1-4,19H2,5-14H3. The second-order valence-corrected chi connectivity index (χ2v) is 12.7. The molecule has 0 fully saturated rings. The molecule has 0 N–H and O–H groups in total. The highest BCUT2D eigenvalue weighted by Gasteiger charge is 2.62. The normalized spacial score (nSPS) is 12.1. The van der Waals surface area contributed by atoms with Crippen molar-refractivity contribution in [3.8, 4) is 0 Å². The highest BCUT2D eigenvalue weighted by molar-refractivity contribution is 5.90. The molecule has 0 amide bonds. The first-order chi connectivity index (χ1) is 22.1. The SMILES string of the molecule is C=CC(=O)OC(C)(C)C(=O)OCC(C)(C)C(OC(=O)C(C)(C)OC(=O)C=C)(OC(=O)C(C)(C)OC(=O)C=C)OC(=O)C(C)(C)OC(=O)C=C. The molecular formula is C33H44O16. The van der Waals surface area contributed by atoms with Crippen molar-refractivity contribution in [2.24, 2.45) is 5.41 Å². The second-order valence-electron chi connectivity index (χ2n) is 12.7. The van der Waals surface area contributed by atoms with Crippen molar-refractivity contribution in [1.29, 1.82) is 0 Å². The fourth-order valence-electron chi connectivity index (χ4n) is 3.06. The van der Waals surface area contributed by atoms with E-state index in [-0.39, 0.29) is 0 Å². The Labute approximate surface area is 284 Å². The molecule has 49 heavy (non-hydrogen) atoms. The summed E-state index contributed by atoms with van der Waals surface area (Å²) < 4.78 is 42.2. The van der Waals surface area contributed by atoms with E-state index >= 15 is 0 Å². The average Bonchev–Trinajstić information content (AvgIpc) is 2.98. The van der Waals surface area contributed by atoms with Crippen LogP contribution in [0, 0.1) is 5.41 Å². The highest BCUT2D eigenvalue weighted by atomic mass is 16.9. The Balaban J connectivity index is 7.50. The van der Waals surface area contributed by atoms with Crippen LogP contribution in [0.15, 0.2) is 50.6 Å². The monoisotopic (exact) mass is 696 g/mol. The Bertz CT molecular complexity index is 1280. The summed E-state index contributed by atoms with van der Waals surface area (Å²) in [6.07, 6.45) is 3.00. The average molecular weight is 697 g/mol. The minimum atomic E-state index is -3.31. The maximum Gasteiger partial charge on any atom is 0.432 e. The lowest BCUT2D eigenvalue weighted by atomic mass is 9.90. The molecule has 0 aliphatic heterocycles. The number of hydrogen-bond donors (Lipinski definition) is 0. The molecule has 16 nitrogen and oxygen atoms in total. The van der Waals surface area contributed by atoms with Gasteiger partial charge in [-0.05, 0) is 69.2 Å². The van der Waals surface area contributed by atoms with Gasteiger partial charge in [0.2, 0.25) is 22.4 Å². The van der Waals surface area contributed by atoms with E-state index < -0.39 is 88.2 Å². The molecule has 0 unspecified atom stereocenters. The fourth-order valence-corrected chi connectivity index (χ4v) is 3.06. The quantitative estimate of drug-likeness (QED) is 0.0873. The van der Waals surface area contributed by atoms with E-state index in [0.29, 0.717) is 0 Å². The molecule has 0 aliphatic rings. The summed E-state index contributed by atoms with van der Waals surface area (Å²) in [6, 6.07) is 0. The lowest BCUT2D eigenvalue weighted by Gasteiger charge is -2.44. The van der Waals surface area contributed by atoms with Gasteiger partial charge in [-0.1, -0.05) is 26.3 Å². The number of rotatable bonds is 18. The van der Waals surface area contributed by atoms with Gasteiger partial charge in [0.1, 0.15) is 12.0 Å². The van der Waals surface area contributed by atoms with E-state index in [2.05, 4.69) is 26.3 Å². The third kappa shape index (κ3) is 12.0. The number of ether oxygens (including phenoxy) is 8. The maximum absolute atomic E-state index is 13.7. The van der Waals surface area contributed by atoms with E-state index in [1.807, 2.05) is 0 Å². The zero-order valence-corrected chi connectivity index (χ0v) is 29.4. The van der Waals surface area contributed by atoms with Crippen LogP contribution in [0.25, 0.3) is 0 Å². The van der Waals surface area contributed by atoms with Crippen LogP contribution >= 0.6 is 0 Å². The van der Waals surface area contributed by atoms with Crippen LogP contribution < -0.4 is 0 Å². The lowest BCUT2D eigenvalue weighted by Crippen LogP contribution is -2.62. The molecule has 16 heteroatoms. The second kappa shape index (κ2) is 16.2. The number of carbonyl (C=O) groups excluding carboxylic acids is 8. The van der Waals surface area contributed by atoms with Crippen molar-refractivity contribution in [3.63, 3.8) is 0 Å². The lowest BCUT2D eigenvalue weighted by molar-refractivity contribution is -0.386. The summed E-state index contributed by atoms with van der Waals surface area (Å²) in [5, 5.41) is 0. The summed E-state index contributed by atoms with van der Waals surface area (Å²) in [6.45, 7) is 23.1. The number of esters is 8. The van der Waals surface area contributed by atoms with Crippen molar-refractivity contribution in [2.45, 2.75) is 97.6 Å². The molecular weight excluding hydrogens is 652 g/mol. The molecule has 0 radical (unpaired) electrons. The number of carbonyl (C=O) groups is 8. The summed E-state index contributed by atoms with van der Waals surface area (Å²) in [7, 11) is 0. The van der Waals surface area contributed by atoms with E-state index in [4.69, 9.17) is 37.9 Å². The highest BCUT2D eigenvalue weighted by Crippen LogP contribution is 2.41. The van der Waals surface area contributed by atoms with Crippen LogP contribution in [-0.4, -0.2) is 82.7 Å².